The van der Waals surface area contributed by atoms with Crippen LogP contribution in [-0.2, 0) is 4.74 Å². The Kier molecular flexibility index (Phi) is 14.7. The van der Waals surface area contributed by atoms with Crippen molar-refractivity contribution in [1.82, 2.24) is 19.7 Å². The molecule has 38 heavy (non-hydrogen) atoms. The minimum atomic E-state index is 0.0165. The molecule has 0 amide bonds. The maximum Gasteiger partial charge on any atom is 0.315 e. The van der Waals surface area contributed by atoms with Crippen molar-refractivity contribution < 1.29 is 4.74 Å². The van der Waals surface area contributed by atoms with Crippen LogP contribution < -0.4 is 5.32 Å². The predicted molar refractivity (Wildman–Crippen MR) is 165 cm³/mol. The van der Waals surface area contributed by atoms with E-state index in [-0.39, 0.29) is 12.1 Å². The van der Waals surface area contributed by atoms with Crippen LogP contribution in [0.25, 0.3) is 0 Å². The Morgan fingerprint density at radius 2 is 2.05 bits per heavy atom. The zero-order valence-corrected chi connectivity index (χ0v) is 25.3. The molecule has 212 valence electrons. The van der Waals surface area contributed by atoms with Gasteiger partial charge in [-0.2, -0.15) is 4.99 Å². The summed E-state index contributed by atoms with van der Waals surface area (Å²) < 4.78 is 5.86. The number of aliphatic imine (C=N–C) groups is 2. The monoisotopic (exact) mass is 543 g/mol. The molecule has 2 rings (SSSR count). The summed E-state index contributed by atoms with van der Waals surface area (Å²) in [7, 11) is 8.18. The molecule has 0 spiro atoms. The highest BCUT2D eigenvalue weighted by Crippen LogP contribution is 2.29. The molecule has 0 aromatic carbocycles. The molecule has 9 heteroatoms. The summed E-state index contributed by atoms with van der Waals surface area (Å²) in [6.07, 6.45) is 9.69. The molecule has 0 aliphatic carbocycles. The van der Waals surface area contributed by atoms with Crippen LogP contribution in [0.15, 0.2) is 51.6 Å². The molecule has 2 unspecified atom stereocenters. The number of hydrogen-bond donors (Lipinski definition) is 1. The third-order valence-corrected chi connectivity index (χ3v) is 7.85. The molecule has 8 nitrogen and oxygen atoms in total. The highest BCUT2D eigenvalue weighted by Gasteiger charge is 2.18. The summed E-state index contributed by atoms with van der Waals surface area (Å²) in [5, 5.41) is 3.22. The van der Waals surface area contributed by atoms with Crippen molar-refractivity contribution in [2.45, 2.75) is 44.0 Å². The van der Waals surface area contributed by atoms with Crippen molar-refractivity contribution in [1.29, 1.82) is 0 Å². The molecule has 1 fully saturated rings. The fourth-order valence-corrected chi connectivity index (χ4v) is 5.74. The molecule has 1 aliphatic heterocycles. The maximum absolute atomic E-state index is 5.86. The molecular formula is C29H49N7OS. The number of likely N-dealkylation sites (N-methyl/N-ethyl adjacent to an activating group) is 2. The molecule has 0 radical (unpaired) electrons. The number of pyridine rings is 1. The second-order valence-electron chi connectivity index (χ2n) is 10.1. The SMILES string of the molecule is C=NC(=NC(=C)C(CSc1cc(C)ncc1NC)N(C)C)OCCC=CC(CCC)CN1CCN(C)CC1. The van der Waals surface area contributed by atoms with E-state index in [0.717, 1.165) is 61.2 Å². The fraction of sp³-hybridized carbons (Fsp3) is 0.621. The number of ether oxygens (including phenoxy) is 1. The molecule has 0 saturated carbocycles. The zero-order valence-electron chi connectivity index (χ0n) is 24.4. The molecule has 1 saturated heterocycles. The lowest BCUT2D eigenvalue weighted by Gasteiger charge is -2.34. The summed E-state index contributed by atoms with van der Waals surface area (Å²) in [4.78, 5) is 21.2. The number of aryl methyl sites for hydroxylation is 1. The lowest BCUT2D eigenvalue weighted by molar-refractivity contribution is 0.141. The summed E-state index contributed by atoms with van der Waals surface area (Å²) in [6.45, 7) is 18.4. The average molecular weight is 544 g/mol. The largest absolute Gasteiger partial charge is 0.463 e. The number of thioether (sulfide) groups is 1. The van der Waals surface area contributed by atoms with Crippen LogP contribution >= 0.6 is 11.8 Å². The van der Waals surface area contributed by atoms with E-state index in [4.69, 9.17) is 4.74 Å². The first kappa shape index (κ1) is 32.0. The molecule has 1 aliphatic rings. The molecule has 1 N–H and O–H groups in total. The first-order valence-corrected chi connectivity index (χ1v) is 14.6. The van der Waals surface area contributed by atoms with Crippen LogP contribution in [0.2, 0.25) is 0 Å². The van der Waals surface area contributed by atoms with E-state index >= 15 is 0 Å². The Morgan fingerprint density at radius 1 is 1.32 bits per heavy atom. The van der Waals surface area contributed by atoms with Crippen LogP contribution in [0, 0.1) is 12.8 Å². The number of piperazine rings is 1. The van der Waals surface area contributed by atoms with Crippen molar-refractivity contribution in [2.24, 2.45) is 15.9 Å². The number of rotatable bonds is 15. The Morgan fingerprint density at radius 3 is 2.68 bits per heavy atom. The van der Waals surface area contributed by atoms with Gasteiger partial charge in [-0.05, 0) is 59.6 Å². The van der Waals surface area contributed by atoms with Crippen LogP contribution in [0.4, 0.5) is 5.69 Å². The van der Waals surface area contributed by atoms with E-state index in [2.05, 4.69) is 80.5 Å². The van der Waals surface area contributed by atoms with Gasteiger partial charge in [0.05, 0.1) is 30.2 Å². The van der Waals surface area contributed by atoms with Gasteiger partial charge in [-0.1, -0.05) is 32.1 Å². The van der Waals surface area contributed by atoms with Crippen LogP contribution in [-0.4, -0.2) is 112 Å². The van der Waals surface area contributed by atoms with E-state index in [1.54, 1.807) is 11.8 Å². The first-order valence-electron chi connectivity index (χ1n) is 13.7. The van der Waals surface area contributed by atoms with Crippen molar-refractivity contribution in [3.63, 3.8) is 0 Å². The topological polar surface area (TPSA) is 68.6 Å². The maximum atomic E-state index is 5.86. The van der Waals surface area contributed by atoms with Gasteiger partial charge < -0.3 is 24.8 Å². The lowest BCUT2D eigenvalue weighted by Crippen LogP contribution is -2.45. The normalized spacial score (nSPS) is 17.1. The number of anilines is 1. The number of nitrogens with one attached hydrogen (secondary N) is 1. The van der Waals surface area contributed by atoms with E-state index in [0.29, 0.717) is 18.2 Å². The summed E-state index contributed by atoms with van der Waals surface area (Å²) in [6, 6.07) is 2.39. The Labute approximate surface area is 235 Å². The van der Waals surface area contributed by atoms with Gasteiger partial charge in [0.2, 0.25) is 0 Å². The number of nitrogens with zero attached hydrogens (tertiary/aromatic N) is 6. The van der Waals surface area contributed by atoms with Crippen LogP contribution in [0.5, 0.6) is 0 Å². The predicted octanol–water partition coefficient (Wildman–Crippen LogP) is 4.65. The van der Waals surface area contributed by atoms with Crippen LogP contribution in [0.1, 0.15) is 31.9 Å². The molecular weight excluding hydrogens is 494 g/mol. The summed E-state index contributed by atoms with van der Waals surface area (Å²) in [5.74, 6) is 1.37. The standard InChI is InChI=1S/C29H49N7OS/c1-9-12-25(21-36-16-14-35(8)15-17-36)13-10-11-18-37-29(31-5)33-24(3)27(34(6)7)22-38-28-19-23(2)32-20-26(28)30-4/h10,13,19-20,25,27,30H,3,5,9,11-12,14-18,21-22H2,1-2,4,6-8H3. The molecule has 1 aromatic rings. The van der Waals surface area contributed by atoms with Crippen molar-refractivity contribution in [2.75, 3.05) is 78.6 Å². The third kappa shape index (κ3) is 11.3. The van der Waals surface area contributed by atoms with E-state index in [1.807, 2.05) is 34.3 Å². The highest BCUT2D eigenvalue weighted by atomic mass is 32.2. The summed E-state index contributed by atoms with van der Waals surface area (Å²) >= 11 is 1.75. The van der Waals surface area contributed by atoms with Crippen molar-refractivity contribution in [3.05, 3.63) is 42.4 Å². The van der Waals surface area contributed by atoms with E-state index in [1.165, 1.54) is 12.8 Å². The van der Waals surface area contributed by atoms with E-state index < -0.39 is 0 Å². The lowest BCUT2D eigenvalue weighted by atomic mass is 10.0. The van der Waals surface area contributed by atoms with Crippen LogP contribution in [0.3, 0.4) is 0 Å². The summed E-state index contributed by atoms with van der Waals surface area (Å²) in [5.41, 5.74) is 2.71. The number of aromatic nitrogens is 1. The fourth-order valence-electron chi connectivity index (χ4n) is 4.35. The van der Waals surface area contributed by atoms with Gasteiger partial charge in [0.15, 0.2) is 0 Å². The van der Waals surface area contributed by atoms with Gasteiger partial charge in [-0.3, -0.25) is 4.98 Å². The van der Waals surface area contributed by atoms with Gasteiger partial charge in [0, 0.05) is 56.1 Å². The minimum absolute atomic E-state index is 0.0165. The van der Waals surface area contributed by atoms with Gasteiger partial charge in [0.1, 0.15) is 0 Å². The zero-order chi connectivity index (χ0) is 27.9. The van der Waals surface area contributed by atoms with Crippen molar-refractivity contribution >= 4 is 30.2 Å². The van der Waals surface area contributed by atoms with E-state index in [9.17, 15) is 0 Å². The Balaban J connectivity index is 1.88. The number of hydrogen-bond acceptors (Lipinski definition) is 8. The third-order valence-electron chi connectivity index (χ3n) is 6.72. The smallest absolute Gasteiger partial charge is 0.315 e. The first-order chi connectivity index (χ1) is 18.3. The molecule has 1 aromatic heterocycles. The second-order valence-corrected chi connectivity index (χ2v) is 11.2. The quantitative estimate of drug-likeness (QED) is 0.114. The molecule has 2 atom stereocenters. The average Bonchev–Trinajstić information content (AvgIpc) is 2.89. The molecule has 0 bridgehead atoms. The van der Waals surface area contributed by atoms with Gasteiger partial charge in [0.25, 0.3) is 0 Å². The van der Waals surface area contributed by atoms with Gasteiger partial charge >= 0.3 is 6.02 Å². The Bertz CT molecular complexity index is 926. The van der Waals surface area contributed by atoms with Crippen molar-refractivity contribution in [3.8, 4) is 0 Å². The second kappa shape index (κ2) is 17.4. The van der Waals surface area contributed by atoms with Gasteiger partial charge in [-0.15, -0.1) is 11.8 Å². The van der Waals surface area contributed by atoms with Gasteiger partial charge in [-0.25, -0.2) is 4.99 Å². The Hall–Kier alpha value is -2.20. The highest BCUT2D eigenvalue weighted by molar-refractivity contribution is 7.99. The minimum Gasteiger partial charge on any atom is -0.463 e. The molecule has 2 heterocycles. The number of amidine groups is 1.